The zero-order chi connectivity index (χ0) is 10.0. The van der Waals surface area contributed by atoms with Crippen LogP contribution in [0.1, 0.15) is 11.6 Å². The van der Waals surface area contributed by atoms with Gasteiger partial charge in [0, 0.05) is 4.47 Å². The van der Waals surface area contributed by atoms with Gasteiger partial charge in [0.15, 0.2) is 0 Å². The maximum atomic E-state index is 10.5. The van der Waals surface area contributed by atoms with Crippen LogP contribution in [0.5, 0.6) is 5.75 Å². The topological polar surface area (TPSA) is 83.6 Å². The molecular formula is C8H8BrNO3. The van der Waals surface area contributed by atoms with Crippen LogP contribution in [0, 0.1) is 0 Å². The van der Waals surface area contributed by atoms with E-state index in [2.05, 4.69) is 15.9 Å². The summed E-state index contributed by atoms with van der Waals surface area (Å²) in [6.45, 7) is 0. The average Bonchev–Trinajstić information content (AvgIpc) is 2.08. The molecule has 0 amide bonds. The molecule has 4 N–H and O–H groups in total. The number of phenols is 1. The molecule has 0 saturated carbocycles. The number of hydrogen-bond donors (Lipinski definition) is 3. The van der Waals surface area contributed by atoms with Gasteiger partial charge in [-0.3, -0.25) is 4.79 Å². The Kier molecular flexibility index (Phi) is 2.90. The van der Waals surface area contributed by atoms with Crippen molar-refractivity contribution in [2.75, 3.05) is 0 Å². The first-order chi connectivity index (χ1) is 6.02. The molecule has 1 atom stereocenters. The number of rotatable bonds is 2. The fourth-order valence-electron chi connectivity index (χ4n) is 0.903. The molecule has 0 unspecified atom stereocenters. The van der Waals surface area contributed by atoms with Crippen LogP contribution in [0.2, 0.25) is 0 Å². The predicted octanol–water partition coefficient (Wildman–Crippen LogP) is 1.24. The molecule has 70 valence electrons. The number of hydrogen-bond acceptors (Lipinski definition) is 3. The fraction of sp³-hybridized carbons (Fsp3) is 0.125. The van der Waals surface area contributed by atoms with E-state index in [4.69, 9.17) is 15.9 Å². The number of phenolic OH excluding ortho intramolecular Hbond substituents is 1. The summed E-state index contributed by atoms with van der Waals surface area (Å²) in [6.07, 6.45) is 0. The quantitative estimate of drug-likeness (QED) is 0.732. The molecule has 0 aliphatic heterocycles. The third kappa shape index (κ3) is 2.19. The van der Waals surface area contributed by atoms with Gasteiger partial charge in [0.05, 0.1) is 0 Å². The maximum absolute atomic E-state index is 10.5. The van der Waals surface area contributed by atoms with E-state index in [0.717, 1.165) is 0 Å². The van der Waals surface area contributed by atoms with Crippen LogP contribution >= 0.6 is 15.9 Å². The number of carbonyl (C=O) groups is 1. The van der Waals surface area contributed by atoms with E-state index in [-0.39, 0.29) is 5.75 Å². The zero-order valence-electron chi connectivity index (χ0n) is 6.57. The molecule has 1 aromatic rings. The van der Waals surface area contributed by atoms with Gasteiger partial charge in [-0.1, -0.05) is 15.9 Å². The Morgan fingerprint density at radius 3 is 2.69 bits per heavy atom. The lowest BCUT2D eigenvalue weighted by molar-refractivity contribution is -0.138. The molecule has 0 heterocycles. The Morgan fingerprint density at radius 2 is 2.15 bits per heavy atom. The Hall–Kier alpha value is -1.07. The summed E-state index contributed by atoms with van der Waals surface area (Å²) in [5.41, 5.74) is 5.72. The molecule has 0 saturated heterocycles. The van der Waals surface area contributed by atoms with E-state index < -0.39 is 12.0 Å². The lowest BCUT2D eigenvalue weighted by Gasteiger charge is -2.08. The second-order valence-corrected chi connectivity index (χ2v) is 3.38. The minimum Gasteiger partial charge on any atom is -0.508 e. The summed E-state index contributed by atoms with van der Waals surface area (Å²) in [5, 5.41) is 17.7. The Bertz CT molecular complexity index is 340. The van der Waals surface area contributed by atoms with E-state index >= 15 is 0 Å². The van der Waals surface area contributed by atoms with Crippen molar-refractivity contribution in [1.29, 1.82) is 0 Å². The first-order valence-corrected chi connectivity index (χ1v) is 4.28. The lowest BCUT2D eigenvalue weighted by atomic mass is 10.1. The van der Waals surface area contributed by atoms with Gasteiger partial charge in [-0.2, -0.15) is 0 Å². The van der Waals surface area contributed by atoms with Crippen LogP contribution in [-0.4, -0.2) is 16.2 Å². The Morgan fingerprint density at radius 1 is 1.54 bits per heavy atom. The maximum Gasteiger partial charge on any atom is 0.325 e. The van der Waals surface area contributed by atoms with E-state index in [0.29, 0.717) is 10.0 Å². The van der Waals surface area contributed by atoms with E-state index in [1.807, 2.05) is 0 Å². The van der Waals surface area contributed by atoms with Crippen molar-refractivity contribution in [2.45, 2.75) is 6.04 Å². The highest BCUT2D eigenvalue weighted by molar-refractivity contribution is 9.10. The molecular weight excluding hydrogens is 238 g/mol. The average molecular weight is 246 g/mol. The molecule has 1 rings (SSSR count). The van der Waals surface area contributed by atoms with Gasteiger partial charge in [-0.05, 0) is 23.8 Å². The second kappa shape index (κ2) is 3.76. The third-order valence-electron chi connectivity index (χ3n) is 1.58. The monoisotopic (exact) mass is 245 g/mol. The standard InChI is InChI=1S/C8H8BrNO3/c9-6-2-1-4(11)3-5(6)7(10)8(12)13/h1-3,7,11H,10H2,(H,12,13)/t7-/m0/s1. The van der Waals surface area contributed by atoms with Crippen molar-refractivity contribution in [3.63, 3.8) is 0 Å². The highest BCUT2D eigenvalue weighted by atomic mass is 79.9. The van der Waals surface area contributed by atoms with Crippen LogP contribution < -0.4 is 5.73 Å². The minimum atomic E-state index is -1.13. The number of carboxylic acid groups (broad SMARTS) is 1. The van der Waals surface area contributed by atoms with Gasteiger partial charge < -0.3 is 15.9 Å². The number of benzene rings is 1. The molecule has 0 spiro atoms. The summed E-state index contributed by atoms with van der Waals surface area (Å²) >= 11 is 3.14. The number of halogens is 1. The minimum absolute atomic E-state index is 0.00472. The van der Waals surface area contributed by atoms with Crippen molar-refractivity contribution in [3.8, 4) is 5.75 Å². The molecule has 0 radical (unpaired) electrons. The zero-order valence-corrected chi connectivity index (χ0v) is 8.15. The highest BCUT2D eigenvalue weighted by Crippen LogP contribution is 2.26. The van der Waals surface area contributed by atoms with E-state index in [9.17, 15) is 4.79 Å². The molecule has 0 aliphatic carbocycles. The molecule has 0 aliphatic rings. The van der Waals surface area contributed by atoms with Crippen molar-refractivity contribution in [3.05, 3.63) is 28.2 Å². The van der Waals surface area contributed by atoms with Crippen molar-refractivity contribution in [2.24, 2.45) is 5.73 Å². The molecule has 0 bridgehead atoms. The number of nitrogens with two attached hydrogens (primary N) is 1. The van der Waals surface area contributed by atoms with Gasteiger partial charge in [0.1, 0.15) is 11.8 Å². The molecule has 0 fully saturated rings. The smallest absolute Gasteiger partial charge is 0.325 e. The number of aliphatic carboxylic acids is 1. The van der Waals surface area contributed by atoms with Crippen molar-refractivity contribution >= 4 is 21.9 Å². The van der Waals surface area contributed by atoms with E-state index in [1.165, 1.54) is 12.1 Å². The summed E-state index contributed by atoms with van der Waals surface area (Å²) < 4.78 is 0.570. The second-order valence-electron chi connectivity index (χ2n) is 2.52. The molecule has 0 aromatic heterocycles. The largest absolute Gasteiger partial charge is 0.508 e. The number of aromatic hydroxyl groups is 1. The highest BCUT2D eigenvalue weighted by Gasteiger charge is 2.17. The summed E-state index contributed by atoms with van der Waals surface area (Å²) in [6, 6.07) is 3.19. The molecule has 13 heavy (non-hydrogen) atoms. The van der Waals surface area contributed by atoms with Crippen LogP contribution in [0.25, 0.3) is 0 Å². The van der Waals surface area contributed by atoms with Crippen LogP contribution in [0.3, 0.4) is 0 Å². The van der Waals surface area contributed by atoms with Crippen molar-refractivity contribution in [1.82, 2.24) is 0 Å². The first kappa shape index (κ1) is 10.0. The molecule has 4 nitrogen and oxygen atoms in total. The van der Waals surface area contributed by atoms with Crippen LogP contribution in [0.15, 0.2) is 22.7 Å². The Balaban J connectivity index is 3.12. The van der Waals surface area contributed by atoms with Crippen LogP contribution in [-0.2, 0) is 4.79 Å². The van der Waals surface area contributed by atoms with Gasteiger partial charge in [0.2, 0.25) is 0 Å². The van der Waals surface area contributed by atoms with Gasteiger partial charge in [-0.15, -0.1) is 0 Å². The van der Waals surface area contributed by atoms with E-state index in [1.54, 1.807) is 6.07 Å². The summed E-state index contributed by atoms with van der Waals surface area (Å²) in [5.74, 6) is -1.14. The summed E-state index contributed by atoms with van der Waals surface area (Å²) in [4.78, 5) is 10.5. The first-order valence-electron chi connectivity index (χ1n) is 3.49. The SMILES string of the molecule is N[C@H](C(=O)O)c1cc(O)ccc1Br. The summed E-state index contributed by atoms with van der Waals surface area (Å²) in [7, 11) is 0. The molecule has 1 aromatic carbocycles. The fourth-order valence-corrected chi connectivity index (χ4v) is 1.40. The van der Waals surface area contributed by atoms with Gasteiger partial charge >= 0.3 is 5.97 Å². The number of carboxylic acids is 1. The lowest BCUT2D eigenvalue weighted by Crippen LogP contribution is -2.20. The van der Waals surface area contributed by atoms with Gasteiger partial charge in [-0.25, -0.2) is 0 Å². The Labute approximate surface area is 83.1 Å². The van der Waals surface area contributed by atoms with Crippen molar-refractivity contribution < 1.29 is 15.0 Å². The normalized spacial score (nSPS) is 12.5. The third-order valence-corrected chi connectivity index (χ3v) is 2.30. The van der Waals surface area contributed by atoms with Gasteiger partial charge in [0.25, 0.3) is 0 Å². The van der Waals surface area contributed by atoms with Crippen LogP contribution in [0.4, 0.5) is 0 Å². The molecule has 5 heteroatoms. The predicted molar refractivity (Wildman–Crippen MR) is 50.4 cm³/mol.